The van der Waals surface area contributed by atoms with E-state index in [1.807, 2.05) is 12.4 Å². The monoisotopic (exact) mass is 247 g/mol. The van der Waals surface area contributed by atoms with Gasteiger partial charge in [0.1, 0.15) is 0 Å². The summed E-state index contributed by atoms with van der Waals surface area (Å²) in [6, 6.07) is 0. The van der Waals surface area contributed by atoms with E-state index in [2.05, 4.69) is 57.0 Å². The Kier molecular flexibility index (Phi) is 2.24. The van der Waals surface area contributed by atoms with Crippen molar-refractivity contribution in [1.29, 1.82) is 0 Å². The summed E-state index contributed by atoms with van der Waals surface area (Å²) in [5.41, 5.74) is 5.46. The maximum Gasteiger partial charge on any atom is 0.155 e. The molecule has 0 amide bonds. The zero-order valence-electron chi connectivity index (χ0n) is 10.5. The van der Waals surface area contributed by atoms with Gasteiger partial charge in [-0.05, 0) is 24.0 Å². The minimum Gasteiger partial charge on any atom is -0.296 e. The zero-order valence-corrected chi connectivity index (χ0v) is 10.5. The van der Waals surface area contributed by atoms with Gasteiger partial charge in [0, 0.05) is 6.20 Å². The van der Waals surface area contributed by atoms with E-state index in [1.165, 1.54) is 11.1 Å². The lowest BCUT2D eigenvalue weighted by Crippen LogP contribution is -1.95. The van der Waals surface area contributed by atoms with Gasteiger partial charge in [0.25, 0.3) is 0 Å². The molecule has 2 aliphatic rings. The van der Waals surface area contributed by atoms with Crippen LogP contribution in [0.15, 0.2) is 55.0 Å². The third kappa shape index (κ3) is 1.66. The molecule has 2 aromatic heterocycles. The summed E-state index contributed by atoms with van der Waals surface area (Å²) in [7, 11) is 0. The molecule has 3 heteroatoms. The predicted octanol–water partition coefficient (Wildman–Crippen LogP) is 3.42. The first-order chi connectivity index (χ1) is 9.42. The molecule has 2 aromatic rings. The van der Waals surface area contributed by atoms with Crippen LogP contribution in [-0.2, 0) is 0 Å². The second-order valence-electron chi connectivity index (χ2n) is 4.74. The first-order valence-corrected chi connectivity index (χ1v) is 6.49. The molecular weight excluding hydrogens is 234 g/mol. The fourth-order valence-corrected chi connectivity index (χ4v) is 2.55. The topological polar surface area (TPSA) is 30.2 Å². The van der Waals surface area contributed by atoms with Crippen molar-refractivity contribution in [3.63, 3.8) is 0 Å². The second-order valence-corrected chi connectivity index (χ2v) is 4.74. The summed E-state index contributed by atoms with van der Waals surface area (Å²) in [4.78, 5) is 8.91. The second kappa shape index (κ2) is 4.05. The van der Waals surface area contributed by atoms with Crippen LogP contribution in [0.25, 0.3) is 16.8 Å². The predicted molar refractivity (Wildman–Crippen MR) is 76.5 cm³/mol. The van der Waals surface area contributed by atoms with Gasteiger partial charge in [0.2, 0.25) is 0 Å². The van der Waals surface area contributed by atoms with Crippen LogP contribution in [0, 0.1) is 0 Å². The number of aromatic nitrogens is 3. The van der Waals surface area contributed by atoms with Gasteiger partial charge < -0.3 is 0 Å². The molecule has 92 valence electrons. The van der Waals surface area contributed by atoms with Gasteiger partial charge in [-0.3, -0.25) is 9.38 Å². The SMILES string of the molecule is C1=CC(c2cn3c(C4=CCC=C4)cnc3cn2)=CC1. The van der Waals surface area contributed by atoms with Crippen LogP contribution in [0.2, 0.25) is 0 Å². The van der Waals surface area contributed by atoms with Crippen LogP contribution in [0.4, 0.5) is 0 Å². The van der Waals surface area contributed by atoms with E-state index in [1.54, 1.807) is 0 Å². The normalized spacial score (nSPS) is 17.3. The molecule has 0 spiro atoms. The van der Waals surface area contributed by atoms with Crippen molar-refractivity contribution in [2.75, 3.05) is 0 Å². The molecule has 3 nitrogen and oxygen atoms in total. The molecule has 0 saturated heterocycles. The van der Waals surface area contributed by atoms with Crippen molar-refractivity contribution in [3.05, 3.63) is 66.4 Å². The van der Waals surface area contributed by atoms with Gasteiger partial charge in [-0.25, -0.2) is 4.98 Å². The molecule has 0 radical (unpaired) electrons. The Morgan fingerprint density at radius 3 is 2.42 bits per heavy atom. The lowest BCUT2D eigenvalue weighted by molar-refractivity contribution is 1.09. The molecule has 0 fully saturated rings. The maximum atomic E-state index is 4.49. The molecule has 2 aliphatic carbocycles. The largest absolute Gasteiger partial charge is 0.296 e. The van der Waals surface area contributed by atoms with E-state index in [9.17, 15) is 0 Å². The van der Waals surface area contributed by atoms with Crippen LogP contribution >= 0.6 is 0 Å². The average Bonchev–Trinajstić information content (AvgIpc) is 3.18. The molecule has 0 bridgehead atoms. The third-order valence-corrected chi connectivity index (χ3v) is 3.53. The molecular formula is C16H13N3. The minimum atomic E-state index is 0.891. The molecule has 2 heterocycles. The molecule has 4 rings (SSSR count). The highest BCUT2D eigenvalue weighted by Crippen LogP contribution is 2.25. The summed E-state index contributed by atoms with van der Waals surface area (Å²) in [6.45, 7) is 0. The molecule has 0 unspecified atom stereocenters. The third-order valence-electron chi connectivity index (χ3n) is 3.53. The van der Waals surface area contributed by atoms with E-state index in [4.69, 9.17) is 0 Å². The van der Waals surface area contributed by atoms with Crippen molar-refractivity contribution < 1.29 is 0 Å². The first-order valence-electron chi connectivity index (χ1n) is 6.49. The Morgan fingerprint density at radius 1 is 0.895 bits per heavy atom. The quantitative estimate of drug-likeness (QED) is 0.814. The summed E-state index contributed by atoms with van der Waals surface area (Å²) in [5.74, 6) is 0. The maximum absolute atomic E-state index is 4.49. The van der Waals surface area contributed by atoms with Gasteiger partial charge in [-0.1, -0.05) is 36.5 Å². The van der Waals surface area contributed by atoms with Crippen LogP contribution < -0.4 is 0 Å². The fourth-order valence-electron chi connectivity index (χ4n) is 2.55. The summed E-state index contributed by atoms with van der Waals surface area (Å²) >= 11 is 0. The van der Waals surface area contributed by atoms with E-state index in [-0.39, 0.29) is 0 Å². The number of rotatable bonds is 2. The molecule has 19 heavy (non-hydrogen) atoms. The highest BCUT2D eigenvalue weighted by molar-refractivity contribution is 5.77. The van der Waals surface area contributed by atoms with Crippen LogP contribution in [0.1, 0.15) is 24.2 Å². The lowest BCUT2D eigenvalue weighted by atomic mass is 10.2. The number of allylic oxidation sites excluding steroid dienone is 8. The zero-order chi connectivity index (χ0) is 12.7. The minimum absolute atomic E-state index is 0.891. The molecule has 0 saturated carbocycles. The van der Waals surface area contributed by atoms with Crippen molar-refractivity contribution in [3.8, 4) is 0 Å². The van der Waals surface area contributed by atoms with Gasteiger partial charge >= 0.3 is 0 Å². The number of hydrogen-bond acceptors (Lipinski definition) is 2. The molecule has 0 aromatic carbocycles. The Labute approximate surface area is 111 Å². The van der Waals surface area contributed by atoms with Crippen molar-refractivity contribution in [2.24, 2.45) is 0 Å². The Morgan fingerprint density at radius 2 is 1.68 bits per heavy atom. The molecule has 0 aliphatic heterocycles. The van der Waals surface area contributed by atoms with Gasteiger partial charge in [-0.2, -0.15) is 0 Å². The van der Waals surface area contributed by atoms with E-state index >= 15 is 0 Å². The van der Waals surface area contributed by atoms with E-state index in [0.717, 1.165) is 29.9 Å². The van der Waals surface area contributed by atoms with Gasteiger partial charge in [0.05, 0.1) is 23.8 Å². The molecule has 0 atom stereocenters. The molecule has 0 N–H and O–H groups in total. The number of imidazole rings is 1. The summed E-state index contributed by atoms with van der Waals surface area (Å²) in [6.07, 6.45) is 20.8. The summed E-state index contributed by atoms with van der Waals surface area (Å²) < 4.78 is 2.12. The standard InChI is InChI=1S/C16H13N3/c1-2-6-12(5-1)14-11-19-15(13-7-3-4-8-13)9-18-16(19)10-17-14/h1,3,5-11H,2,4H2. The summed E-state index contributed by atoms with van der Waals surface area (Å²) in [5, 5.41) is 0. The van der Waals surface area contributed by atoms with Crippen LogP contribution in [0.5, 0.6) is 0 Å². The van der Waals surface area contributed by atoms with Crippen LogP contribution in [-0.4, -0.2) is 14.4 Å². The van der Waals surface area contributed by atoms with Gasteiger partial charge in [0.15, 0.2) is 5.65 Å². The number of hydrogen-bond donors (Lipinski definition) is 0. The van der Waals surface area contributed by atoms with Crippen LogP contribution in [0.3, 0.4) is 0 Å². The lowest BCUT2D eigenvalue weighted by Gasteiger charge is -2.04. The highest BCUT2D eigenvalue weighted by Gasteiger charge is 2.11. The van der Waals surface area contributed by atoms with Gasteiger partial charge in [-0.15, -0.1) is 0 Å². The Balaban J connectivity index is 1.89. The number of nitrogens with zero attached hydrogens (tertiary/aromatic N) is 3. The Hall–Kier alpha value is -2.42. The highest BCUT2D eigenvalue weighted by atomic mass is 15.0. The first kappa shape index (κ1) is 10.5. The van der Waals surface area contributed by atoms with Crippen molar-refractivity contribution in [2.45, 2.75) is 12.8 Å². The number of fused-ring (bicyclic) bond motifs is 1. The average molecular weight is 247 g/mol. The van der Waals surface area contributed by atoms with Crippen molar-refractivity contribution in [1.82, 2.24) is 14.4 Å². The van der Waals surface area contributed by atoms with E-state index in [0.29, 0.717) is 0 Å². The fraction of sp³-hybridized carbons (Fsp3) is 0.125. The van der Waals surface area contributed by atoms with E-state index < -0.39 is 0 Å². The van der Waals surface area contributed by atoms with Crippen molar-refractivity contribution >= 4 is 16.8 Å². The smallest absolute Gasteiger partial charge is 0.155 e. The Bertz CT molecular complexity index is 772.